The van der Waals surface area contributed by atoms with Gasteiger partial charge in [0.2, 0.25) is 0 Å². The number of esters is 1. The molecule has 168 valence electrons. The maximum absolute atomic E-state index is 12.8. The second-order valence-electron chi connectivity index (χ2n) is 8.90. The molecule has 0 aliphatic carbocycles. The minimum Gasteiger partial charge on any atom is -0.464 e. The number of furan rings is 1. The molecular weight excluding hydrogens is 402 g/mol. The Balaban J connectivity index is 1.77. The fraction of sp³-hybridized carbons (Fsp3) is 0.333. The highest BCUT2D eigenvalue weighted by Gasteiger charge is 2.26. The standard InChI is InChI=1S/C27H31NO4/c1-6-31-26(30)24(19-10-8-7-9-11-19)28-25(29)23-15-14-22(32-23)17-20-16-21(27(3,4)5)13-12-18(20)2/h7-16,24H,6,17H2,1-5H3,(H,28,29)/t24-/m0/s1. The second-order valence-corrected chi connectivity index (χ2v) is 8.90. The number of hydrogen-bond donors (Lipinski definition) is 1. The maximum atomic E-state index is 12.8. The molecule has 0 fully saturated rings. The Bertz CT molecular complexity index is 1080. The van der Waals surface area contributed by atoms with Crippen molar-refractivity contribution >= 4 is 11.9 Å². The topological polar surface area (TPSA) is 68.5 Å². The molecule has 5 nitrogen and oxygen atoms in total. The summed E-state index contributed by atoms with van der Waals surface area (Å²) >= 11 is 0. The molecule has 0 unspecified atom stereocenters. The fourth-order valence-electron chi connectivity index (χ4n) is 3.46. The number of rotatable bonds is 7. The largest absolute Gasteiger partial charge is 0.464 e. The van der Waals surface area contributed by atoms with Crippen molar-refractivity contribution in [3.05, 3.63) is 94.4 Å². The van der Waals surface area contributed by atoms with Crippen LogP contribution in [0.4, 0.5) is 0 Å². The van der Waals surface area contributed by atoms with Gasteiger partial charge in [0, 0.05) is 6.42 Å². The van der Waals surface area contributed by atoms with Crippen LogP contribution in [0.25, 0.3) is 0 Å². The second kappa shape index (κ2) is 9.86. The van der Waals surface area contributed by atoms with Crippen LogP contribution in [0, 0.1) is 6.92 Å². The highest BCUT2D eigenvalue weighted by Crippen LogP contribution is 2.26. The maximum Gasteiger partial charge on any atom is 0.333 e. The van der Waals surface area contributed by atoms with E-state index < -0.39 is 17.9 Å². The number of benzene rings is 2. The zero-order valence-electron chi connectivity index (χ0n) is 19.4. The lowest BCUT2D eigenvalue weighted by molar-refractivity contribution is -0.145. The number of amides is 1. The first kappa shape index (κ1) is 23.3. The zero-order chi connectivity index (χ0) is 23.3. The van der Waals surface area contributed by atoms with Crippen molar-refractivity contribution in [3.8, 4) is 0 Å². The Kier molecular flexibility index (Phi) is 7.18. The summed E-state index contributed by atoms with van der Waals surface area (Å²) in [5.74, 6) is -0.113. The number of ether oxygens (including phenoxy) is 1. The van der Waals surface area contributed by atoms with Gasteiger partial charge >= 0.3 is 5.97 Å². The zero-order valence-corrected chi connectivity index (χ0v) is 19.4. The lowest BCUT2D eigenvalue weighted by atomic mass is 9.85. The lowest BCUT2D eigenvalue weighted by Gasteiger charge is -2.20. The molecule has 1 amide bonds. The first-order chi connectivity index (χ1) is 15.2. The average Bonchev–Trinajstić information content (AvgIpc) is 3.22. The molecule has 0 saturated carbocycles. The summed E-state index contributed by atoms with van der Waals surface area (Å²) in [6.07, 6.45) is 0.586. The third kappa shape index (κ3) is 5.67. The molecule has 1 N–H and O–H groups in total. The summed E-state index contributed by atoms with van der Waals surface area (Å²) in [4.78, 5) is 25.3. The molecule has 1 atom stereocenters. The van der Waals surface area contributed by atoms with Crippen molar-refractivity contribution in [2.24, 2.45) is 0 Å². The number of aryl methyl sites for hydroxylation is 1. The summed E-state index contributed by atoms with van der Waals surface area (Å²) in [6.45, 7) is 10.6. The summed E-state index contributed by atoms with van der Waals surface area (Å²) in [5.41, 5.74) is 4.29. The van der Waals surface area contributed by atoms with Gasteiger partial charge < -0.3 is 14.5 Å². The Hall–Kier alpha value is -3.34. The van der Waals surface area contributed by atoms with Gasteiger partial charge in [-0.3, -0.25) is 4.79 Å². The normalized spacial score (nSPS) is 12.3. The average molecular weight is 434 g/mol. The summed E-state index contributed by atoms with van der Waals surface area (Å²) in [6, 6.07) is 18.0. The van der Waals surface area contributed by atoms with Gasteiger partial charge in [0.05, 0.1) is 6.61 Å². The van der Waals surface area contributed by atoms with Crippen LogP contribution in [0.2, 0.25) is 0 Å². The number of carbonyl (C=O) groups is 2. The summed E-state index contributed by atoms with van der Waals surface area (Å²) in [7, 11) is 0. The van der Waals surface area contributed by atoms with E-state index in [1.807, 2.05) is 18.2 Å². The van der Waals surface area contributed by atoms with Crippen LogP contribution in [0.3, 0.4) is 0 Å². The SMILES string of the molecule is CCOC(=O)[C@@H](NC(=O)c1ccc(Cc2cc(C(C)(C)C)ccc2C)o1)c1ccccc1. The van der Waals surface area contributed by atoms with Crippen molar-refractivity contribution in [1.82, 2.24) is 5.32 Å². The first-order valence-corrected chi connectivity index (χ1v) is 10.9. The quantitative estimate of drug-likeness (QED) is 0.499. The van der Waals surface area contributed by atoms with Crippen LogP contribution in [0.5, 0.6) is 0 Å². The summed E-state index contributed by atoms with van der Waals surface area (Å²) in [5, 5.41) is 2.74. The van der Waals surface area contributed by atoms with Crippen molar-refractivity contribution in [3.63, 3.8) is 0 Å². The lowest BCUT2D eigenvalue weighted by Crippen LogP contribution is -2.34. The Morgan fingerprint density at radius 3 is 2.41 bits per heavy atom. The van der Waals surface area contributed by atoms with E-state index in [0.717, 1.165) is 5.56 Å². The molecule has 0 radical (unpaired) electrons. The van der Waals surface area contributed by atoms with Crippen molar-refractivity contribution < 1.29 is 18.7 Å². The Morgan fingerprint density at radius 1 is 1.03 bits per heavy atom. The fourth-order valence-corrected chi connectivity index (χ4v) is 3.46. The van der Waals surface area contributed by atoms with E-state index in [1.54, 1.807) is 31.2 Å². The van der Waals surface area contributed by atoms with Gasteiger partial charge in [-0.15, -0.1) is 0 Å². The molecule has 5 heteroatoms. The van der Waals surface area contributed by atoms with E-state index in [4.69, 9.17) is 9.15 Å². The van der Waals surface area contributed by atoms with Crippen molar-refractivity contribution in [2.45, 2.75) is 52.5 Å². The number of carbonyl (C=O) groups excluding carboxylic acids is 2. The van der Waals surface area contributed by atoms with E-state index in [9.17, 15) is 9.59 Å². The highest BCUT2D eigenvalue weighted by atomic mass is 16.5. The minimum atomic E-state index is -0.900. The predicted octanol–water partition coefficient (Wildman–Crippen LogP) is 5.51. The minimum absolute atomic E-state index is 0.0518. The van der Waals surface area contributed by atoms with Gasteiger partial charge in [-0.1, -0.05) is 69.3 Å². The van der Waals surface area contributed by atoms with Gasteiger partial charge in [-0.05, 0) is 53.6 Å². The van der Waals surface area contributed by atoms with Gasteiger partial charge in [0.25, 0.3) is 5.91 Å². The third-order valence-corrected chi connectivity index (χ3v) is 5.40. The van der Waals surface area contributed by atoms with Crippen LogP contribution in [-0.4, -0.2) is 18.5 Å². The van der Waals surface area contributed by atoms with Gasteiger partial charge in [0.1, 0.15) is 5.76 Å². The van der Waals surface area contributed by atoms with Crippen LogP contribution in [0.15, 0.2) is 65.1 Å². The van der Waals surface area contributed by atoms with Crippen LogP contribution >= 0.6 is 0 Å². The molecule has 3 aromatic rings. The van der Waals surface area contributed by atoms with Crippen molar-refractivity contribution in [2.75, 3.05) is 6.61 Å². The molecule has 1 aromatic heterocycles. The molecule has 2 aromatic carbocycles. The molecule has 1 heterocycles. The number of hydrogen-bond acceptors (Lipinski definition) is 4. The van der Waals surface area contributed by atoms with Crippen LogP contribution in [0.1, 0.15) is 72.3 Å². The molecule has 0 aliphatic rings. The van der Waals surface area contributed by atoms with E-state index >= 15 is 0 Å². The van der Waals surface area contributed by atoms with Crippen LogP contribution in [-0.2, 0) is 21.4 Å². The summed E-state index contributed by atoms with van der Waals surface area (Å²) < 4.78 is 11.0. The first-order valence-electron chi connectivity index (χ1n) is 10.9. The highest BCUT2D eigenvalue weighted by molar-refractivity contribution is 5.95. The Labute approximate surface area is 189 Å². The molecule has 0 spiro atoms. The molecular formula is C27H31NO4. The van der Waals surface area contributed by atoms with E-state index in [1.165, 1.54) is 11.1 Å². The Morgan fingerprint density at radius 2 is 1.75 bits per heavy atom. The molecule has 0 saturated heterocycles. The molecule has 0 aliphatic heterocycles. The smallest absolute Gasteiger partial charge is 0.333 e. The van der Waals surface area contributed by atoms with Crippen molar-refractivity contribution in [1.29, 1.82) is 0 Å². The van der Waals surface area contributed by atoms with E-state index in [2.05, 4.69) is 51.2 Å². The van der Waals surface area contributed by atoms with Gasteiger partial charge in [-0.25, -0.2) is 4.79 Å². The molecule has 0 bridgehead atoms. The monoisotopic (exact) mass is 433 g/mol. The van der Waals surface area contributed by atoms with E-state index in [0.29, 0.717) is 17.7 Å². The third-order valence-electron chi connectivity index (χ3n) is 5.40. The van der Waals surface area contributed by atoms with E-state index in [-0.39, 0.29) is 17.8 Å². The molecule has 32 heavy (non-hydrogen) atoms. The molecule has 3 rings (SSSR count). The van der Waals surface area contributed by atoms with Crippen LogP contribution < -0.4 is 5.32 Å². The predicted molar refractivity (Wildman–Crippen MR) is 125 cm³/mol. The van der Waals surface area contributed by atoms with Gasteiger partial charge in [0.15, 0.2) is 11.8 Å². The number of nitrogens with one attached hydrogen (secondary N) is 1. The van der Waals surface area contributed by atoms with Gasteiger partial charge in [-0.2, -0.15) is 0 Å².